The number of hydrogen-bond donors (Lipinski definition) is 0. The minimum absolute atomic E-state index is 0.00178. The average molecular weight is 391 g/mol. The molecule has 29 heavy (non-hydrogen) atoms. The molecule has 4 rings (SSSR count). The Hall–Kier alpha value is -3.54. The van der Waals surface area contributed by atoms with Crippen molar-refractivity contribution in [3.05, 3.63) is 71.9 Å². The smallest absolute Gasteiger partial charge is 0.344 e. The number of aromatic nitrogens is 1. The predicted molar refractivity (Wildman–Crippen MR) is 108 cm³/mol. The molecule has 4 aromatic rings. The van der Waals surface area contributed by atoms with E-state index in [9.17, 15) is 4.79 Å². The highest BCUT2D eigenvalue weighted by Crippen LogP contribution is 2.28. The first-order chi connectivity index (χ1) is 14.1. The molecule has 0 amide bonds. The van der Waals surface area contributed by atoms with E-state index >= 15 is 0 Å². The third-order valence-corrected chi connectivity index (χ3v) is 4.51. The van der Waals surface area contributed by atoms with Gasteiger partial charge in [0.25, 0.3) is 0 Å². The van der Waals surface area contributed by atoms with Crippen molar-refractivity contribution in [2.24, 2.45) is 0 Å². The van der Waals surface area contributed by atoms with Crippen LogP contribution < -0.4 is 4.74 Å². The maximum Gasteiger partial charge on any atom is 0.344 e. The second-order valence-electron chi connectivity index (χ2n) is 7.00. The third kappa shape index (κ3) is 4.48. The number of para-hydroxylation sites is 1. The van der Waals surface area contributed by atoms with Gasteiger partial charge in [0, 0.05) is 11.5 Å². The van der Waals surface area contributed by atoms with Gasteiger partial charge in [-0.05, 0) is 35.7 Å². The Labute approximate surface area is 168 Å². The molecule has 6 nitrogen and oxygen atoms in total. The van der Waals surface area contributed by atoms with E-state index in [4.69, 9.17) is 18.4 Å². The fourth-order valence-corrected chi connectivity index (χ4v) is 2.89. The van der Waals surface area contributed by atoms with Crippen molar-refractivity contribution >= 4 is 16.9 Å². The summed E-state index contributed by atoms with van der Waals surface area (Å²) in [5.41, 5.74) is 2.48. The first kappa shape index (κ1) is 18.8. The zero-order chi connectivity index (χ0) is 20.2. The Morgan fingerprint density at radius 1 is 1.03 bits per heavy atom. The molecule has 6 heteroatoms. The van der Waals surface area contributed by atoms with Crippen LogP contribution in [0.25, 0.3) is 22.5 Å². The highest BCUT2D eigenvalue weighted by Gasteiger charge is 2.13. The molecule has 0 aliphatic carbocycles. The van der Waals surface area contributed by atoms with E-state index in [-0.39, 0.29) is 13.2 Å². The van der Waals surface area contributed by atoms with Crippen molar-refractivity contribution in [3.8, 4) is 17.3 Å². The SMILES string of the molecule is CC(C)c1ccc(OCC(=O)OCc2cc(-c3cc4ccccc4o3)on2)cc1. The van der Waals surface area contributed by atoms with Crippen molar-refractivity contribution in [1.29, 1.82) is 0 Å². The summed E-state index contributed by atoms with van der Waals surface area (Å²) in [6.07, 6.45) is 0. The van der Waals surface area contributed by atoms with Gasteiger partial charge in [-0.2, -0.15) is 0 Å². The van der Waals surface area contributed by atoms with Crippen LogP contribution in [-0.4, -0.2) is 17.7 Å². The molecule has 2 aromatic heterocycles. The molecule has 2 heterocycles. The van der Waals surface area contributed by atoms with Crippen LogP contribution in [0.15, 0.2) is 69.6 Å². The van der Waals surface area contributed by atoms with E-state index < -0.39 is 5.97 Å². The Morgan fingerprint density at radius 2 is 1.83 bits per heavy atom. The summed E-state index contributed by atoms with van der Waals surface area (Å²) in [6.45, 7) is 4.07. The van der Waals surface area contributed by atoms with E-state index in [2.05, 4.69) is 19.0 Å². The van der Waals surface area contributed by atoms with Gasteiger partial charge in [-0.25, -0.2) is 4.79 Å². The van der Waals surface area contributed by atoms with Gasteiger partial charge in [0.05, 0.1) is 0 Å². The van der Waals surface area contributed by atoms with Crippen molar-refractivity contribution in [3.63, 3.8) is 0 Å². The van der Waals surface area contributed by atoms with Crippen molar-refractivity contribution in [1.82, 2.24) is 5.16 Å². The zero-order valence-electron chi connectivity index (χ0n) is 16.3. The molecule has 0 saturated heterocycles. The summed E-state index contributed by atoms with van der Waals surface area (Å²) in [6, 6.07) is 18.9. The number of rotatable bonds is 7. The summed E-state index contributed by atoms with van der Waals surface area (Å²) < 4.78 is 21.7. The number of ether oxygens (including phenoxy) is 2. The second kappa shape index (κ2) is 8.22. The average Bonchev–Trinajstić information content (AvgIpc) is 3.37. The molecule has 0 aliphatic heterocycles. The second-order valence-corrected chi connectivity index (χ2v) is 7.00. The van der Waals surface area contributed by atoms with Crippen molar-refractivity contribution in [2.45, 2.75) is 26.4 Å². The maximum absolute atomic E-state index is 11.9. The van der Waals surface area contributed by atoms with Gasteiger partial charge < -0.3 is 18.4 Å². The number of carbonyl (C=O) groups excluding carboxylic acids is 1. The Kier molecular flexibility index (Phi) is 5.33. The number of esters is 1. The molecule has 0 N–H and O–H groups in total. The molecule has 0 atom stereocenters. The molecular formula is C23H21NO5. The molecule has 2 aromatic carbocycles. The summed E-state index contributed by atoms with van der Waals surface area (Å²) in [4.78, 5) is 11.9. The van der Waals surface area contributed by atoms with Gasteiger partial charge in [-0.1, -0.05) is 49.3 Å². The lowest BCUT2D eigenvalue weighted by molar-refractivity contribution is -0.147. The molecule has 0 saturated carbocycles. The molecule has 0 spiro atoms. The monoisotopic (exact) mass is 391 g/mol. The molecule has 0 unspecified atom stereocenters. The molecular weight excluding hydrogens is 370 g/mol. The Morgan fingerprint density at radius 3 is 2.59 bits per heavy atom. The van der Waals surface area contributed by atoms with E-state index in [0.717, 1.165) is 11.0 Å². The molecule has 0 fully saturated rings. The highest BCUT2D eigenvalue weighted by molar-refractivity contribution is 5.81. The van der Waals surface area contributed by atoms with Gasteiger partial charge in [-0.3, -0.25) is 0 Å². The molecule has 148 valence electrons. The van der Waals surface area contributed by atoms with E-state index in [0.29, 0.717) is 28.9 Å². The largest absolute Gasteiger partial charge is 0.482 e. The maximum atomic E-state index is 11.9. The fraction of sp³-hybridized carbons (Fsp3) is 0.217. The van der Waals surface area contributed by atoms with Crippen LogP contribution in [0.2, 0.25) is 0 Å². The number of benzene rings is 2. The van der Waals surface area contributed by atoms with Crippen LogP contribution in [0.4, 0.5) is 0 Å². The lowest BCUT2D eigenvalue weighted by Gasteiger charge is -2.08. The van der Waals surface area contributed by atoms with Gasteiger partial charge in [0.1, 0.15) is 23.6 Å². The van der Waals surface area contributed by atoms with Crippen molar-refractivity contribution < 1.29 is 23.2 Å². The van der Waals surface area contributed by atoms with Gasteiger partial charge >= 0.3 is 5.97 Å². The quantitative estimate of drug-likeness (QED) is 0.396. The minimum Gasteiger partial charge on any atom is -0.482 e. The van der Waals surface area contributed by atoms with E-state index in [1.165, 1.54) is 5.56 Å². The highest BCUT2D eigenvalue weighted by atomic mass is 16.6. The van der Waals surface area contributed by atoms with Gasteiger partial charge in [-0.15, -0.1) is 0 Å². The van der Waals surface area contributed by atoms with Crippen LogP contribution in [-0.2, 0) is 16.1 Å². The zero-order valence-corrected chi connectivity index (χ0v) is 16.3. The standard InChI is InChI=1S/C23H21NO5/c1-15(2)16-7-9-19(10-8-16)26-14-23(25)27-13-18-12-22(29-24-18)21-11-17-5-3-4-6-20(17)28-21/h3-12,15H,13-14H2,1-2H3. The van der Waals surface area contributed by atoms with Crippen molar-refractivity contribution in [2.75, 3.05) is 6.61 Å². The number of nitrogens with zero attached hydrogens (tertiary/aromatic N) is 1. The lowest BCUT2D eigenvalue weighted by atomic mass is 10.0. The molecule has 0 aliphatic rings. The number of hydrogen-bond acceptors (Lipinski definition) is 6. The summed E-state index contributed by atoms with van der Waals surface area (Å²) >= 11 is 0. The normalized spacial score (nSPS) is 11.1. The number of fused-ring (bicyclic) bond motifs is 1. The van der Waals surface area contributed by atoms with Crippen LogP contribution in [0.1, 0.15) is 31.0 Å². The predicted octanol–water partition coefficient (Wildman–Crippen LogP) is 5.33. The number of carbonyl (C=O) groups is 1. The van der Waals surface area contributed by atoms with Gasteiger partial charge in [0.15, 0.2) is 12.4 Å². The molecule has 0 bridgehead atoms. The minimum atomic E-state index is -0.480. The summed E-state index contributed by atoms with van der Waals surface area (Å²) in [5, 5.41) is 4.90. The first-order valence-corrected chi connectivity index (χ1v) is 9.41. The molecule has 0 radical (unpaired) electrons. The Bertz CT molecular complexity index is 1070. The van der Waals surface area contributed by atoms with Crippen LogP contribution in [0.3, 0.4) is 0 Å². The van der Waals surface area contributed by atoms with Crippen LogP contribution >= 0.6 is 0 Å². The topological polar surface area (TPSA) is 74.7 Å². The summed E-state index contributed by atoms with van der Waals surface area (Å²) in [5.74, 6) is 1.64. The van der Waals surface area contributed by atoms with Crippen LogP contribution in [0.5, 0.6) is 5.75 Å². The number of furan rings is 1. The Balaban J connectivity index is 1.29. The van der Waals surface area contributed by atoms with E-state index in [1.807, 2.05) is 54.6 Å². The first-order valence-electron chi connectivity index (χ1n) is 9.41. The summed E-state index contributed by atoms with van der Waals surface area (Å²) in [7, 11) is 0. The fourth-order valence-electron chi connectivity index (χ4n) is 2.89. The van der Waals surface area contributed by atoms with Crippen LogP contribution in [0, 0.1) is 0 Å². The van der Waals surface area contributed by atoms with Gasteiger partial charge in [0.2, 0.25) is 5.76 Å². The lowest BCUT2D eigenvalue weighted by Crippen LogP contribution is -2.14. The third-order valence-electron chi connectivity index (χ3n) is 4.51. The van der Waals surface area contributed by atoms with E-state index in [1.54, 1.807) is 6.07 Å².